The van der Waals surface area contributed by atoms with Gasteiger partial charge in [-0.25, -0.2) is 4.39 Å². The van der Waals surface area contributed by atoms with Crippen molar-refractivity contribution in [3.8, 4) is 0 Å². The Morgan fingerprint density at radius 1 is 1.35 bits per heavy atom. The highest BCUT2D eigenvalue weighted by Crippen LogP contribution is 2.06. The lowest BCUT2D eigenvalue weighted by Gasteiger charge is -2.20. The van der Waals surface area contributed by atoms with Crippen molar-refractivity contribution in [2.75, 3.05) is 19.0 Å². The number of halogens is 2. The van der Waals surface area contributed by atoms with Gasteiger partial charge in [-0.3, -0.25) is 4.79 Å². The van der Waals surface area contributed by atoms with Gasteiger partial charge in [0.1, 0.15) is 5.82 Å². The average molecular weight is 258 g/mol. The first-order chi connectivity index (χ1) is 8.17. The van der Waals surface area contributed by atoms with Crippen LogP contribution in [-0.4, -0.2) is 29.8 Å². The Kier molecular flexibility index (Phi) is 5.98. The number of carbonyl (C=O) groups is 1. The Morgan fingerprint density at radius 2 is 2.00 bits per heavy atom. The smallest absolute Gasteiger partial charge is 0.226 e. The average Bonchev–Trinajstić information content (AvgIpc) is 2.33. The summed E-state index contributed by atoms with van der Waals surface area (Å²) < 4.78 is 12.7. The summed E-state index contributed by atoms with van der Waals surface area (Å²) >= 11 is 5.61. The van der Waals surface area contributed by atoms with Crippen LogP contribution < -0.4 is 0 Å². The van der Waals surface area contributed by atoms with Crippen molar-refractivity contribution < 1.29 is 9.18 Å². The zero-order chi connectivity index (χ0) is 12.7. The quantitative estimate of drug-likeness (QED) is 0.718. The SMILES string of the molecule is CCN(CCCCl)C(=O)Cc1ccc(F)cc1. The van der Waals surface area contributed by atoms with Gasteiger partial charge >= 0.3 is 0 Å². The van der Waals surface area contributed by atoms with E-state index in [0.717, 1.165) is 12.0 Å². The Hall–Kier alpha value is -1.09. The lowest BCUT2D eigenvalue weighted by atomic mass is 10.1. The van der Waals surface area contributed by atoms with Crippen LogP contribution in [0.25, 0.3) is 0 Å². The minimum atomic E-state index is -0.282. The molecule has 0 aliphatic rings. The van der Waals surface area contributed by atoms with Crippen molar-refractivity contribution >= 4 is 17.5 Å². The molecule has 0 fully saturated rings. The largest absolute Gasteiger partial charge is 0.343 e. The molecule has 1 aromatic rings. The van der Waals surface area contributed by atoms with Crippen molar-refractivity contribution in [2.45, 2.75) is 19.8 Å². The van der Waals surface area contributed by atoms with E-state index in [2.05, 4.69) is 0 Å². The molecular weight excluding hydrogens is 241 g/mol. The number of benzene rings is 1. The first kappa shape index (κ1) is 14.0. The van der Waals surface area contributed by atoms with Crippen molar-refractivity contribution in [2.24, 2.45) is 0 Å². The van der Waals surface area contributed by atoms with Crippen LogP contribution in [0.1, 0.15) is 18.9 Å². The number of rotatable bonds is 6. The second-order valence-corrected chi connectivity index (χ2v) is 4.20. The van der Waals surface area contributed by atoms with Crippen LogP contribution in [0.2, 0.25) is 0 Å². The van der Waals surface area contributed by atoms with Gasteiger partial charge in [0.05, 0.1) is 6.42 Å². The molecule has 17 heavy (non-hydrogen) atoms. The molecule has 1 aromatic carbocycles. The minimum Gasteiger partial charge on any atom is -0.343 e. The summed E-state index contributed by atoms with van der Waals surface area (Å²) in [6.45, 7) is 3.30. The van der Waals surface area contributed by atoms with Crippen LogP contribution >= 0.6 is 11.6 Å². The molecule has 0 unspecified atom stereocenters. The molecule has 0 aromatic heterocycles. The van der Waals surface area contributed by atoms with Gasteiger partial charge in [0.15, 0.2) is 0 Å². The topological polar surface area (TPSA) is 20.3 Å². The molecule has 0 spiro atoms. The predicted molar refractivity (Wildman–Crippen MR) is 67.7 cm³/mol. The van der Waals surface area contributed by atoms with E-state index in [-0.39, 0.29) is 11.7 Å². The van der Waals surface area contributed by atoms with E-state index in [0.29, 0.717) is 25.4 Å². The van der Waals surface area contributed by atoms with Crippen molar-refractivity contribution in [1.29, 1.82) is 0 Å². The maximum Gasteiger partial charge on any atom is 0.226 e. The van der Waals surface area contributed by atoms with Crippen LogP contribution in [0.4, 0.5) is 4.39 Å². The lowest BCUT2D eigenvalue weighted by molar-refractivity contribution is -0.130. The van der Waals surface area contributed by atoms with E-state index in [1.807, 2.05) is 6.92 Å². The van der Waals surface area contributed by atoms with Gasteiger partial charge in [-0.1, -0.05) is 12.1 Å². The standard InChI is InChI=1S/C13H17ClFNO/c1-2-16(9-3-8-14)13(17)10-11-4-6-12(15)7-5-11/h4-7H,2-3,8-10H2,1H3. The van der Waals surface area contributed by atoms with Crippen molar-refractivity contribution in [3.63, 3.8) is 0 Å². The molecule has 0 saturated carbocycles. The zero-order valence-corrected chi connectivity index (χ0v) is 10.7. The molecule has 2 nitrogen and oxygen atoms in total. The number of nitrogens with zero attached hydrogens (tertiary/aromatic N) is 1. The first-order valence-electron chi connectivity index (χ1n) is 5.75. The maximum absolute atomic E-state index is 12.7. The second kappa shape index (κ2) is 7.28. The van der Waals surface area contributed by atoms with Crippen LogP contribution in [0.3, 0.4) is 0 Å². The molecule has 0 atom stereocenters. The van der Waals surface area contributed by atoms with Gasteiger partial charge in [0.2, 0.25) is 5.91 Å². The van der Waals surface area contributed by atoms with E-state index < -0.39 is 0 Å². The summed E-state index contributed by atoms with van der Waals surface area (Å²) in [6, 6.07) is 6.03. The van der Waals surface area contributed by atoms with E-state index in [1.54, 1.807) is 17.0 Å². The molecule has 4 heteroatoms. The fourth-order valence-corrected chi connectivity index (χ4v) is 1.72. The third kappa shape index (κ3) is 4.73. The molecule has 0 aliphatic carbocycles. The van der Waals surface area contributed by atoms with E-state index >= 15 is 0 Å². The number of alkyl halides is 1. The Labute approximate surface area is 106 Å². The maximum atomic E-state index is 12.7. The van der Waals surface area contributed by atoms with Crippen molar-refractivity contribution in [1.82, 2.24) is 4.90 Å². The van der Waals surface area contributed by atoms with Crippen LogP contribution in [-0.2, 0) is 11.2 Å². The summed E-state index contributed by atoms with van der Waals surface area (Å²) in [4.78, 5) is 13.7. The minimum absolute atomic E-state index is 0.0595. The summed E-state index contributed by atoms with van der Waals surface area (Å²) in [5.74, 6) is 0.334. The van der Waals surface area contributed by atoms with Gasteiger partial charge in [-0.2, -0.15) is 0 Å². The van der Waals surface area contributed by atoms with Gasteiger partial charge in [0, 0.05) is 19.0 Å². The van der Waals surface area contributed by atoms with Crippen LogP contribution in [0, 0.1) is 5.82 Å². The Balaban J connectivity index is 2.54. The van der Waals surface area contributed by atoms with E-state index in [4.69, 9.17) is 11.6 Å². The highest BCUT2D eigenvalue weighted by atomic mass is 35.5. The lowest BCUT2D eigenvalue weighted by Crippen LogP contribution is -2.33. The molecule has 1 amide bonds. The molecule has 0 N–H and O–H groups in total. The molecule has 1 rings (SSSR count). The van der Waals surface area contributed by atoms with E-state index in [1.165, 1.54) is 12.1 Å². The summed E-state index contributed by atoms with van der Waals surface area (Å²) in [5, 5.41) is 0. The molecule has 0 bridgehead atoms. The number of likely N-dealkylation sites (N-methyl/N-ethyl adjacent to an activating group) is 1. The second-order valence-electron chi connectivity index (χ2n) is 3.82. The van der Waals surface area contributed by atoms with Gasteiger partial charge in [0.25, 0.3) is 0 Å². The van der Waals surface area contributed by atoms with E-state index in [9.17, 15) is 9.18 Å². The monoisotopic (exact) mass is 257 g/mol. The Bertz CT molecular complexity index is 353. The third-order valence-corrected chi connectivity index (χ3v) is 2.83. The highest BCUT2D eigenvalue weighted by molar-refractivity contribution is 6.17. The third-order valence-electron chi connectivity index (χ3n) is 2.56. The predicted octanol–water partition coefficient (Wildman–Crippen LogP) is 2.85. The fourth-order valence-electron chi connectivity index (χ4n) is 1.60. The highest BCUT2D eigenvalue weighted by Gasteiger charge is 2.11. The molecule has 0 aliphatic heterocycles. The molecule has 0 radical (unpaired) electrons. The van der Waals surface area contributed by atoms with Crippen LogP contribution in [0.5, 0.6) is 0 Å². The summed E-state index contributed by atoms with van der Waals surface area (Å²) in [5.41, 5.74) is 0.834. The van der Waals surface area contributed by atoms with Crippen LogP contribution in [0.15, 0.2) is 24.3 Å². The normalized spacial score (nSPS) is 10.3. The summed E-state index contributed by atoms with van der Waals surface area (Å²) in [7, 11) is 0. The van der Waals surface area contributed by atoms with Gasteiger partial charge in [-0.05, 0) is 31.0 Å². The van der Waals surface area contributed by atoms with Crippen molar-refractivity contribution in [3.05, 3.63) is 35.6 Å². The zero-order valence-electron chi connectivity index (χ0n) is 9.96. The Morgan fingerprint density at radius 3 is 2.53 bits per heavy atom. The first-order valence-corrected chi connectivity index (χ1v) is 6.29. The molecule has 0 heterocycles. The number of hydrogen-bond donors (Lipinski definition) is 0. The molecule has 94 valence electrons. The number of amides is 1. The molecular formula is C13H17ClFNO. The molecule has 0 saturated heterocycles. The summed E-state index contributed by atoms with van der Waals surface area (Å²) in [6.07, 6.45) is 1.11. The number of carbonyl (C=O) groups excluding carboxylic acids is 1. The van der Waals surface area contributed by atoms with Gasteiger partial charge < -0.3 is 4.90 Å². The van der Waals surface area contributed by atoms with Gasteiger partial charge in [-0.15, -0.1) is 11.6 Å². The number of hydrogen-bond acceptors (Lipinski definition) is 1. The fraction of sp³-hybridized carbons (Fsp3) is 0.462.